The molecule has 140 valence electrons. The summed E-state index contributed by atoms with van der Waals surface area (Å²) in [6.07, 6.45) is 0.690. The number of benzene rings is 3. The molecule has 1 aliphatic rings. The fourth-order valence-electron chi connectivity index (χ4n) is 3.52. The van der Waals surface area contributed by atoms with Crippen LogP contribution in [0.1, 0.15) is 23.2 Å². The number of nitro groups is 1. The third-order valence-electron chi connectivity index (χ3n) is 4.78. The predicted molar refractivity (Wildman–Crippen MR) is 107 cm³/mol. The molecule has 0 fully saturated rings. The number of nitro benzene ring substituents is 1. The molecule has 1 N–H and O–H groups in total. The van der Waals surface area contributed by atoms with Crippen molar-refractivity contribution in [2.45, 2.75) is 12.8 Å². The molecule has 1 heterocycles. The molecule has 0 radical (unpaired) electrons. The van der Waals surface area contributed by atoms with Gasteiger partial charge in [-0.15, -0.1) is 0 Å². The van der Waals surface area contributed by atoms with Gasteiger partial charge in [-0.1, -0.05) is 30.3 Å². The van der Waals surface area contributed by atoms with Crippen molar-refractivity contribution in [2.24, 2.45) is 0 Å². The van der Waals surface area contributed by atoms with Gasteiger partial charge in [0.2, 0.25) is 5.91 Å². The van der Waals surface area contributed by atoms with Gasteiger partial charge in [-0.2, -0.15) is 0 Å². The number of nitrogens with zero attached hydrogens (tertiary/aromatic N) is 2. The van der Waals surface area contributed by atoms with Crippen molar-refractivity contribution in [3.8, 4) is 0 Å². The average molecular weight is 375 g/mol. The highest BCUT2D eigenvalue weighted by Crippen LogP contribution is 2.37. The van der Waals surface area contributed by atoms with Gasteiger partial charge in [-0.05, 0) is 30.0 Å². The van der Waals surface area contributed by atoms with E-state index >= 15 is 0 Å². The summed E-state index contributed by atoms with van der Waals surface area (Å²) in [4.78, 5) is 36.9. The van der Waals surface area contributed by atoms with Gasteiger partial charge < -0.3 is 10.2 Å². The van der Waals surface area contributed by atoms with Crippen LogP contribution >= 0.6 is 0 Å². The second kappa shape index (κ2) is 7.11. The second-order valence-corrected chi connectivity index (χ2v) is 6.60. The first kappa shape index (κ1) is 17.7. The third kappa shape index (κ3) is 3.18. The van der Waals surface area contributed by atoms with Crippen LogP contribution in [0.2, 0.25) is 0 Å². The van der Waals surface area contributed by atoms with E-state index in [1.165, 1.54) is 18.2 Å². The minimum Gasteiger partial charge on any atom is -0.326 e. The Hall–Kier alpha value is -3.74. The van der Waals surface area contributed by atoms with Gasteiger partial charge in [0.25, 0.3) is 11.6 Å². The predicted octanol–water partition coefficient (Wildman–Crippen LogP) is 4.13. The van der Waals surface area contributed by atoms with E-state index in [-0.39, 0.29) is 23.9 Å². The summed E-state index contributed by atoms with van der Waals surface area (Å²) in [5, 5.41) is 15.5. The number of amides is 2. The lowest BCUT2D eigenvalue weighted by Gasteiger charge is -2.17. The fraction of sp³-hybridized carbons (Fsp3) is 0.143. The molecule has 0 bridgehead atoms. The maximum absolute atomic E-state index is 12.7. The molecule has 0 aromatic heterocycles. The molecule has 0 saturated carbocycles. The van der Waals surface area contributed by atoms with Gasteiger partial charge in [0.15, 0.2) is 0 Å². The maximum Gasteiger partial charge on any atom is 0.271 e. The Morgan fingerprint density at radius 2 is 1.82 bits per heavy atom. The SMILES string of the molecule is O=C(CCCN1C(=O)c2cccc3cccc1c23)Nc1cccc([N+](=O)[O-])c1. The largest absolute Gasteiger partial charge is 0.326 e. The summed E-state index contributed by atoms with van der Waals surface area (Å²) in [5.74, 6) is -0.297. The highest BCUT2D eigenvalue weighted by atomic mass is 16.6. The number of carbonyl (C=O) groups excluding carboxylic acids is 2. The van der Waals surface area contributed by atoms with Crippen LogP contribution in [0.15, 0.2) is 60.7 Å². The first-order chi connectivity index (χ1) is 13.5. The fourth-order valence-corrected chi connectivity index (χ4v) is 3.52. The molecule has 0 unspecified atom stereocenters. The van der Waals surface area contributed by atoms with Gasteiger partial charge in [-0.3, -0.25) is 19.7 Å². The summed E-state index contributed by atoms with van der Waals surface area (Å²) in [7, 11) is 0. The highest BCUT2D eigenvalue weighted by molar-refractivity contribution is 6.25. The van der Waals surface area contributed by atoms with E-state index < -0.39 is 4.92 Å². The molecule has 0 saturated heterocycles. The molecule has 3 aromatic carbocycles. The van der Waals surface area contributed by atoms with Crippen LogP contribution in [-0.2, 0) is 4.79 Å². The van der Waals surface area contributed by atoms with E-state index in [1.807, 2.05) is 36.4 Å². The highest BCUT2D eigenvalue weighted by Gasteiger charge is 2.29. The Morgan fingerprint density at radius 3 is 2.61 bits per heavy atom. The van der Waals surface area contributed by atoms with Crippen molar-refractivity contribution < 1.29 is 14.5 Å². The smallest absolute Gasteiger partial charge is 0.271 e. The standard InChI is InChI=1S/C21H17N3O4/c25-19(22-15-7-3-8-16(13-15)24(27)28)11-4-12-23-18-10-2-6-14-5-1-9-17(20(14)18)21(23)26/h1-3,5-10,13H,4,11-12H2,(H,22,25). The maximum atomic E-state index is 12.7. The minimum atomic E-state index is -0.507. The van der Waals surface area contributed by atoms with Gasteiger partial charge in [-0.25, -0.2) is 0 Å². The zero-order valence-corrected chi connectivity index (χ0v) is 14.9. The minimum absolute atomic E-state index is 0.0501. The molecule has 0 aliphatic carbocycles. The van der Waals surface area contributed by atoms with E-state index in [0.717, 1.165) is 16.5 Å². The van der Waals surface area contributed by atoms with Crippen molar-refractivity contribution in [3.63, 3.8) is 0 Å². The lowest BCUT2D eigenvalue weighted by molar-refractivity contribution is -0.384. The Labute approximate surface area is 160 Å². The Morgan fingerprint density at radius 1 is 1.07 bits per heavy atom. The topological polar surface area (TPSA) is 92.6 Å². The Balaban J connectivity index is 1.39. The first-order valence-electron chi connectivity index (χ1n) is 8.92. The second-order valence-electron chi connectivity index (χ2n) is 6.60. The first-order valence-corrected chi connectivity index (χ1v) is 8.92. The molecule has 0 spiro atoms. The summed E-state index contributed by atoms with van der Waals surface area (Å²) in [6, 6.07) is 17.3. The van der Waals surface area contributed by atoms with Crippen LogP contribution in [0.3, 0.4) is 0 Å². The van der Waals surface area contributed by atoms with E-state index in [0.29, 0.717) is 24.2 Å². The zero-order chi connectivity index (χ0) is 19.7. The molecule has 7 nitrogen and oxygen atoms in total. The number of anilines is 2. The van der Waals surface area contributed by atoms with Crippen LogP contribution in [0.25, 0.3) is 10.8 Å². The van der Waals surface area contributed by atoms with Crippen LogP contribution in [0.4, 0.5) is 17.1 Å². The molecule has 3 aromatic rings. The summed E-state index contributed by atoms with van der Waals surface area (Å²) in [5.41, 5.74) is 1.87. The molecule has 2 amide bonds. The monoisotopic (exact) mass is 375 g/mol. The quantitative estimate of drug-likeness (QED) is 0.518. The third-order valence-corrected chi connectivity index (χ3v) is 4.78. The van der Waals surface area contributed by atoms with Crippen LogP contribution < -0.4 is 10.2 Å². The van der Waals surface area contributed by atoms with E-state index in [9.17, 15) is 19.7 Å². The molecular formula is C21H17N3O4. The zero-order valence-electron chi connectivity index (χ0n) is 14.9. The Bertz CT molecular complexity index is 1100. The van der Waals surface area contributed by atoms with Gasteiger partial charge >= 0.3 is 0 Å². The number of hydrogen-bond acceptors (Lipinski definition) is 4. The van der Waals surface area contributed by atoms with Crippen molar-refractivity contribution in [1.29, 1.82) is 0 Å². The number of nitrogens with one attached hydrogen (secondary N) is 1. The van der Waals surface area contributed by atoms with Crippen molar-refractivity contribution >= 4 is 39.6 Å². The van der Waals surface area contributed by atoms with E-state index in [2.05, 4.69) is 5.32 Å². The van der Waals surface area contributed by atoms with E-state index in [1.54, 1.807) is 11.0 Å². The van der Waals surface area contributed by atoms with Crippen molar-refractivity contribution in [1.82, 2.24) is 0 Å². The van der Waals surface area contributed by atoms with Crippen LogP contribution in [-0.4, -0.2) is 23.3 Å². The summed E-state index contributed by atoms with van der Waals surface area (Å²) in [6.45, 7) is 0.426. The lowest BCUT2D eigenvalue weighted by Crippen LogP contribution is -2.28. The Kier molecular flexibility index (Phi) is 4.49. The van der Waals surface area contributed by atoms with Crippen LogP contribution in [0.5, 0.6) is 0 Å². The van der Waals surface area contributed by atoms with Crippen molar-refractivity contribution in [3.05, 3.63) is 76.3 Å². The molecule has 0 atom stereocenters. The number of non-ortho nitro benzene ring substituents is 1. The molecule has 7 heteroatoms. The van der Waals surface area contributed by atoms with Gasteiger partial charge in [0.05, 0.1) is 10.6 Å². The van der Waals surface area contributed by atoms with E-state index in [4.69, 9.17) is 0 Å². The number of carbonyl (C=O) groups is 2. The molecule has 4 rings (SSSR count). The van der Waals surface area contributed by atoms with Gasteiger partial charge in [0.1, 0.15) is 0 Å². The van der Waals surface area contributed by atoms with Gasteiger partial charge in [0, 0.05) is 41.7 Å². The van der Waals surface area contributed by atoms with Crippen LogP contribution in [0, 0.1) is 10.1 Å². The molecule has 28 heavy (non-hydrogen) atoms. The molecular weight excluding hydrogens is 358 g/mol. The lowest BCUT2D eigenvalue weighted by atomic mass is 10.1. The number of rotatable bonds is 6. The molecule has 1 aliphatic heterocycles. The summed E-state index contributed by atoms with van der Waals surface area (Å²) >= 11 is 0. The average Bonchev–Trinajstić information content (AvgIpc) is 2.96. The summed E-state index contributed by atoms with van der Waals surface area (Å²) < 4.78 is 0. The number of hydrogen-bond donors (Lipinski definition) is 1. The van der Waals surface area contributed by atoms with Crippen molar-refractivity contribution in [2.75, 3.05) is 16.8 Å². The normalized spacial score (nSPS) is 12.4.